The average molecular weight is 270 g/mol. The van der Waals surface area contributed by atoms with Gasteiger partial charge in [0, 0.05) is 18.1 Å². The van der Waals surface area contributed by atoms with Crippen LogP contribution in [0.3, 0.4) is 0 Å². The largest absolute Gasteiger partial charge is 0.395 e. The molecule has 2 N–H and O–H groups in total. The van der Waals surface area contributed by atoms with Crippen LogP contribution in [0.5, 0.6) is 0 Å². The third kappa shape index (κ3) is 3.46. The van der Waals surface area contributed by atoms with Gasteiger partial charge in [-0.3, -0.25) is 4.79 Å². The molecule has 1 heterocycles. The van der Waals surface area contributed by atoms with Crippen LogP contribution in [-0.4, -0.2) is 22.8 Å². The van der Waals surface area contributed by atoms with Gasteiger partial charge in [-0.2, -0.15) is 0 Å². The quantitative estimate of drug-likeness (QED) is 0.836. The molecular formula is C15H14N2O3. The molecule has 0 spiro atoms. The molecule has 0 bridgehead atoms. The second-order valence-electron chi connectivity index (χ2n) is 4.16. The highest BCUT2D eigenvalue weighted by Gasteiger charge is 2.11. The Kier molecular flexibility index (Phi) is 4.53. The minimum Gasteiger partial charge on any atom is -0.395 e. The first-order chi connectivity index (χ1) is 9.70. The maximum Gasteiger partial charge on any atom is 0.277 e. The summed E-state index contributed by atoms with van der Waals surface area (Å²) in [7, 11) is 0. The Morgan fingerprint density at radius 3 is 3.00 bits per heavy atom. The number of amides is 1. The first kappa shape index (κ1) is 13.8. The monoisotopic (exact) mass is 270 g/mol. The molecule has 0 aliphatic heterocycles. The number of carbonyl (C=O) groups is 1. The minimum absolute atomic E-state index is 0.0133. The van der Waals surface area contributed by atoms with Gasteiger partial charge in [-0.05, 0) is 24.6 Å². The molecule has 2 rings (SSSR count). The second kappa shape index (κ2) is 6.55. The van der Waals surface area contributed by atoms with Crippen LogP contribution in [0.4, 0.5) is 5.69 Å². The van der Waals surface area contributed by atoms with Crippen molar-refractivity contribution in [2.75, 3.05) is 11.9 Å². The van der Waals surface area contributed by atoms with Crippen molar-refractivity contribution < 1.29 is 14.4 Å². The van der Waals surface area contributed by atoms with Crippen LogP contribution in [-0.2, 0) is 0 Å². The Balaban J connectivity index is 2.23. The molecule has 5 nitrogen and oxygen atoms in total. The summed E-state index contributed by atoms with van der Waals surface area (Å²) in [4.78, 5) is 11.9. The molecule has 0 radical (unpaired) electrons. The van der Waals surface area contributed by atoms with Crippen molar-refractivity contribution in [2.24, 2.45) is 0 Å². The topological polar surface area (TPSA) is 75.4 Å². The van der Waals surface area contributed by atoms with Gasteiger partial charge in [-0.25, -0.2) is 0 Å². The number of aromatic nitrogens is 1. The van der Waals surface area contributed by atoms with Gasteiger partial charge in [0.1, 0.15) is 6.26 Å². The number of aryl methyl sites for hydroxylation is 1. The Hall–Kier alpha value is -2.58. The Labute approximate surface area is 116 Å². The summed E-state index contributed by atoms with van der Waals surface area (Å²) in [5.41, 5.74) is 2.56. The molecule has 0 aliphatic carbocycles. The van der Waals surface area contributed by atoms with E-state index in [1.807, 2.05) is 19.1 Å². The second-order valence-corrected chi connectivity index (χ2v) is 4.16. The van der Waals surface area contributed by atoms with Crippen molar-refractivity contribution in [3.63, 3.8) is 0 Å². The lowest BCUT2D eigenvalue weighted by molar-refractivity contribution is 0.101. The summed E-state index contributed by atoms with van der Waals surface area (Å²) in [5, 5.41) is 15.1. The Morgan fingerprint density at radius 2 is 2.30 bits per heavy atom. The number of nitrogens with zero attached hydrogens (tertiary/aromatic N) is 1. The first-order valence-electron chi connectivity index (χ1n) is 6.13. The molecular weight excluding hydrogens is 256 g/mol. The average Bonchev–Trinajstić information content (AvgIpc) is 2.96. The third-order valence-electron chi connectivity index (χ3n) is 2.55. The van der Waals surface area contributed by atoms with Gasteiger partial charge in [0.15, 0.2) is 5.69 Å². The van der Waals surface area contributed by atoms with E-state index in [0.29, 0.717) is 17.7 Å². The lowest BCUT2D eigenvalue weighted by Crippen LogP contribution is -2.13. The third-order valence-corrected chi connectivity index (χ3v) is 2.55. The molecule has 0 unspecified atom stereocenters. The summed E-state index contributed by atoms with van der Waals surface area (Å²) in [5.74, 6) is 5.42. The molecule has 1 aromatic heterocycles. The predicted molar refractivity (Wildman–Crippen MR) is 74.2 cm³/mol. The highest BCUT2D eigenvalue weighted by Crippen LogP contribution is 2.17. The number of carbonyl (C=O) groups excluding carboxylic acids is 1. The zero-order valence-corrected chi connectivity index (χ0v) is 11.0. The van der Waals surface area contributed by atoms with E-state index in [9.17, 15) is 4.79 Å². The highest BCUT2D eigenvalue weighted by molar-refractivity contribution is 6.03. The van der Waals surface area contributed by atoms with E-state index >= 15 is 0 Å². The number of benzene rings is 1. The molecule has 20 heavy (non-hydrogen) atoms. The van der Waals surface area contributed by atoms with E-state index in [4.69, 9.17) is 5.11 Å². The van der Waals surface area contributed by atoms with Gasteiger partial charge in [-0.15, -0.1) is 0 Å². The predicted octanol–water partition coefficient (Wildman–Crippen LogP) is 1.97. The van der Waals surface area contributed by atoms with Crippen LogP contribution in [0.15, 0.2) is 35.1 Å². The summed E-state index contributed by atoms with van der Waals surface area (Å²) in [6, 6.07) is 7.04. The number of hydrogen-bond acceptors (Lipinski definition) is 4. The Bertz CT molecular complexity index is 651. The zero-order valence-electron chi connectivity index (χ0n) is 11.0. The maximum atomic E-state index is 11.9. The van der Waals surface area contributed by atoms with E-state index < -0.39 is 0 Å². The van der Waals surface area contributed by atoms with Crippen LogP contribution in [0.2, 0.25) is 0 Å². The summed E-state index contributed by atoms with van der Waals surface area (Å²) >= 11 is 0. The fourth-order valence-corrected chi connectivity index (χ4v) is 1.60. The van der Waals surface area contributed by atoms with Crippen molar-refractivity contribution in [3.8, 4) is 11.8 Å². The number of aliphatic hydroxyl groups excluding tert-OH is 1. The molecule has 0 fully saturated rings. The molecule has 2 aromatic rings. The van der Waals surface area contributed by atoms with E-state index in [2.05, 4.69) is 26.8 Å². The van der Waals surface area contributed by atoms with Crippen molar-refractivity contribution in [1.82, 2.24) is 5.16 Å². The smallest absolute Gasteiger partial charge is 0.277 e. The maximum absolute atomic E-state index is 11.9. The number of rotatable bonds is 3. The van der Waals surface area contributed by atoms with Crippen LogP contribution in [0.1, 0.15) is 28.0 Å². The van der Waals surface area contributed by atoms with E-state index in [1.165, 1.54) is 12.3 Å². The molecule has 1 amide bonds. The summed E-state index contributed by atoms with van der Waals surface area (Å²) < 4.78 is 4.64. The lowest BCUT2D eigenvalue weighted by atomic mass is 10.1. The molecule has 0 saturated carbocycles. The molecule has 0 atom stereocenters. The minimum atomic E-state index is -0.354. The SMILES string of the molecule is Cc1ccc(NC(=O)c2ccon2)c(C#CCCO)c1. The Morgan fingerprint density at radius 1 is 1.45 bits per heavy atom. The summed E-state index contributed by atoms with van der Waals surface area (Å²) in [6.45, 7) is 1.96. The number of hydrogen-bond donors (Lipinski definition) is 2. The molecule has 5 heteroatoms. The van der Waals surface area contributed by atoms with Crippen molar-refractivity contribution >= 4 is 11.6 Å². The van der Waals surface area contributed by atoms with Crippen molar-refractivity contribution in [1.29, 1.82) is 0 Å². The fraction of sp³-hybridized carbons (Fsp3) is 0.200. The van der Waals surface area contributed by atoms with Crippen LogP contribution in [0.25, 0.3) is 0 Å². The molecule has 0 aliphatic rings. The van der Waals surface area contributed by atoms with Gasteiger partial charge < -0.3 is 14.9 Å². The number of aliphatic hydroxyl groups is 1. The van der Waals surface area contributed by atoms with Crippen LogP contribution < -0.4 is 5.32 Å². The van der Waals surface area contributed by atoms with Crippen LogP contribution in [0, 0.1) is 18.8 Å². The highest BCUT2D eigenvalue weighted by atomic mass is 16.5. The molecule has 102 valence electrons. The number of nitrogens with one attached hydrogen (secondary N) is 1. The van der Waals surface area contributed by atoms with Gasteiger partial charge >= 0.3 is 0 Å². The fourth-order valence-electron chi connectivity index (χ4n) is 1.60. The van der Waals surface area contributed by atoms with Crippen molar-refractivity contribution in [2.45, 2.75) is 13.3 Å². The van der Waals surface area contributed by atoms with Gasteiger partial charge in [0.05, 0.1) is 12.3 Å². The van der Waals surface area contributed by atoms with Gasteiger partial charge in [-0.1, -0.05) is 23.1 Å². The van der Waals surface area contributed by atoms with E-state index in [1.54, 1.807) is 6.07 Å². The summed E-state index contributed by atoms with van der Waals surface area (Å²) in [6.07, 6.45) is 1.73. The van der Waals surface area contributed by atoms with E-state index in [0.717, 1.165) is 5.56 Å². The van der Waals surface area contributed by atoms with Gasteiger partial charge in [0.2, 0.25) is 0 Å². The standard InChI is InChI=1S/C15H14N2O3/c1-11-5-6-13(12(10-11)4-2-3-8-18)16-15(19)14-7-9-20-17-14/h5-7,9-10,18H,3,8H2,1H3,(H,16,19). The zero-order chi connectivity index (χ0) is 14.4. The molecule has 0 saturated heterocycles. The van der Waals surface area contributed by atoms with Crippen LogP contribution >= 0.6 is 0 Å². The normalized spacial score (nSPS) is 9.70. The number of anilines is 1. The van der Waals surface area contributed by atoms with E-state index in [-0.39, 0.29) is 18.2 Å². The lowest BCUT2D eigenvalue weighted by Gasteiger charge is -2.06. The van der Waals surface area contributed by atoms with Crippen molar-refractivity contribution in [3.05, 3.63) is 47.3 Å². The van der Waals surface area contributed by atoms with Gasteiger partial charge in [0.25, 0.3) is 5.91 Å². The first-order valence-corrected chi connectivity index (χ1v) is 6.13. The molecule has 1 aromatic carbocycles.